The van der Waals surface area contributed by atoms with Gasteiger partial charge in [-0.1, -0.05) is 54.1 Å². The van der Waals surface area contributed by atoms with Gasteiger partial charge in [-0.25, -0.2) is 0 Å². The number of hydrogen-bond donors (Lipinski definition) is 1. The number of benzene rings is 2. The number of carbonyl (C=O) groups is 1. The van der Waals surface area contributed by atoms with Crippen LogP contribution in [0.1, 0.15) is 11.1 Å². The number of hydrogen-bond acceptors (Lipinski definition) is 3. The van der Waals surface area contributed by atoms with E-state index in [1.165, 1.54) is 11.1 Å². The predicted octanol–water partition coefficient (Wildman–Crippen LogP) is 2.82. The minimum absolute atomic E-state index is 0.115. The highest BCUT2D eigenvalue weighted by atomic mass is 35.5. The van der Waals surface area contributed by atoms with E-state index >= 15 is 0 Å². The molecule has 0 aromatic heterocycles. The summed E-state index contributed by atoms with van der Waals surface area (Å²) in [4.78, 5) is 16.8. The smallest absolute Gasteiger partial charge is 0.234 e. The molecule has 1 aliphatic rings. The maximum atomic E-state index is 12.1. The summed E-state index contributed by atoms with van der Waals surface area (Å²) in [6.07, 6.45) is 0.875. The molecule has 1 aliphatic heterocycles. The largest absolute Gasteiger partial charge is 0.355 e. The quantitative estimate of drug-likeness (QED) is 0.813. The van der Waals surface area contributed by atoms with Gasteiger partial charge in [0.05, 0.1) is 6.54 Å². The van der Waals surface area contributed by atoms with Gasteiger partial charge < -0.3 is 5.32 Å². The third-order valence-electron chi connectivity index (χ3n) is 4.71. The molecule has 0 saturated carbocycles. The Hall–Kier alpha value is -1.88. The minimum Gasteiger partial charge on any atom is -0.355 e. The molecule has 0 unspecified atom stereocenters. The minimum atomic E-state index is 0.115. The summed E-state index contributed by atoms with van der Waals surface area (Å²) in [5.74, 6) is 0.115. The number of halogens is 1. The van der Waals surface area contributed by atoms with Crippen molar-refractivity contribution in [3.63, 3.8) is 0 Å². The van der Waals surface area contributed by atoms with Gasteiger partial charge in [0, 0.05) is 44.3 Å². The molecule has 138 valence electrons. The van der Waals surface area contributed by atoms with E-state index in [1.807, 2.05) is 36.4 Å². The molecular formula is C21H26ClN3O. The number of amides is 1. The van der Waals surface area contributed by atoms with Crippen molar-refractivity contribution in [2.24, 2.45) is 0 Å². The van der Waals surface area contributed by atoms with Gasteiger partial charge in [-0.15, -0.1) is 0 Å². The zero-order valence-electron chi connectivity index (χ0n) is 15.0. The average Bonchev–Trinajstić information content (AvgIpc) is 2.64. The standard InChI is InChI=1S/C21H26ClN3O/c22-20-8-4-7-19(15-20)16-24-11-13-25(14-12-24)17-21(26)23-10-9-18-5-2-1-3-6-18/h1-8,15H,9-14,16-17H2,(H,23,26). The normalized spacial score (nSPS) is 15.7. The van der Waals surface area contributed by atoms with E-state index in [1.54, 1.807) is 0 Å². The Morgan fingerprint density at radius 1 is 0.923 bits per heavy atom. The third kappa shape index (κ3) is 6.13. The van der Waals surface area contributed by atoms with Crippen LogP contribution < -0.4 is 5.32 Å². The van der Waals surface area contributed by atoms with Gasteiger partial charge in [0.15, 0.2) is 0 Å². The number of carbonyl (C=O) groups excluding carboxylic acids is 1. The van der Waals surface area contributed by atoms with Crippen LogP contribution in [0.15, 0.2) is 54.6 Å². The topological polar surface area (TPSA) is 35.6 Å². The molecule has 1 fully saturated rings. The Labute approximate surface area is 160 Å². The van der Waals surface area contributed by atoms with Crippen molar-refractivity contribution in [1.82, 2.24) is 15.1 Å². The van der Waals surface area contributed by atoms with Gasteiger partial charge in [0.1, 0.15) is 0 Å². The fourth-order valence-corrected chi connectivity index (χ4v) is 3.46. The molecule has 0 aliphatic carbocycles. The van der Waals surface area contributed by atoms with Crippen molar-refractivity contribution in [3.05, 3.63) is 70.7 Å². The molecule has 1 N–H and O–H groups in total. The van der Waals surface area contributed by atoms with E-state index in [2.05, 4.69) is 33.3 Å². The highest BCUT2D eigenvalue weighted by molar-refractivity contribution is 6.30. The summed E-state index contributed by atoms with van der Waals surface area (Å²) in [5.41, 5.74) is 2.49. The Morgan fingerprint density at radius 3 is 2.35 bits per heavy atom. The summed E-state index contributed by atoms with van der Waals surface area (Å²) >= 11 is 6.05. The second-order valence-electron chi connectivity index (χ2n) is 6.77. The van der Waals surface area contributed by atoms with Crippen molar-refractivity contribution < 1.29 is 4.79 Å². The summed E-state index contributed by atoms with van der Waals surface area (Å²) in [5, 5.41) is 3.81. The van der Waals surface area contributed by atoms with Crippen LogP contribution in [0.4, 0.5) is 0 Å². The van der Waals surface area contributed by atoms with E-state index in [0.29, 0.717) is 13.1 Å². The zero-order chi connectivity index (χ0) is 18.2. The monoisotopic (exact) mass is 371 g/mol. The van der Waals surface area contributed by atoms with Crippen molar-refractivity contribution in [1.29, 1.82) is 0 Å². The van der Waals surface area contributed by atoms with Crippen molar-refractivity contribution in [2.75, 3.05) is 39.3 Å². The van der Waals surface area contributed by atoms with Crippen LogP contribution in [0.25, 0.3) is 0 Å². The highest BCUT2D eigenvalue weighted by Crippen LogP contribution is 2.13. The second kappa shape index (κ2) is 9.72. The van der Waals surface area contributed by atoms with Crippen molar-refractivity contribution >= 4 is 17.5 Å². The zero-order valence-corrected chi connectivity index (χ0v) is 15.8. The van der Waals surface area contributed by atoms with Crippen LogP contribution in [-0.2, 0) is 17.8 Å². The van der Waals surface area contributed by atoms with E-state index in [4.69, 9.17) is 11.6 Å². The summed E-state index contributed by atoms with van der Waals surface area (Å²) in [6, 6.07) is 18.3. The number of nitrogens with one attached hydrogen (secondary N) is 1. The first-order valence-corrected chi connectivity index (χ1v) is 9.56. The maximum Gasteiger partial charge on any atom is 0.234 e. The SMILES string of the molecule is O=C(CN1CCN(Cc2cccc(Cl)c2)CC1)NCCc1ccccc1. The van der Waals surface area contributed by atoms with Gasteiger partial charge in [-0.05, 0) is 29.7 Å². The van der Waals surface area contributed by atoms with E-state index in [9.17, 15) is 4.79 Å². The molecule has 2 aromatic carbocycles. The number of nitrogens with zero attached hydrogens (tertiary/aromatic N) is 2. The van der Waals surface area contributed by atoms with Crippen LogP contribution in [0.2, 0.25) is 5.02 Å². The predicted molar refractivity (Wildman–Crippen MR) is 106 cm³/mol. The van der Waals surface area contributed by atoms with Crippen molar-refractivity contribution in [2.45, 2.75) is 13.0 Å². The van der Waals surface area contributed by atoms with Gasteiger partial charge in [-0.2, -0.15) is 0 Å². The molecule has 2 aromatic rings. The maximum absolute atomic E-state index is 12.1. The molecule has 0 bridgehead atoms. The molecule has 0 spiro atoms. The van der Waals surface area contributed by atoms with Crippen LogP contribution in [0.5, 0.6) is 0 Å². The Balaban J connectivity index is 1.33. The van der Waals surface area contributed by atoms with Crippen LogP contribution in [0, 0.1) is 0 Å². The highest BCUT2D eigenvalue weighted by Gasteiger charge is 2.18. The van der Waals surface area contributed by atoms with E-state index in [-0.39, 0.29) is 5.91 Å². The number of rotatable bonds is 7. The first kappa shape index (κ1) is 18.9. The summed E-state index contributed by atoms with van der Waals surface area (Å²) in [6.45, 7) is 5.89. The van der Waals surface area contributed by atoms with Gasteiger partial charge in [0.2, 0.25) is 5.91 Å². The Kier molecular flexibility index (Phi) is 7.06. The van der Waals surface area contributed by atoms with Crippen LogP contribution in [-0.4, -0.2) is 55.0 Å². The Morgan fingerprint density at radius 2 is 1.62 bits per heavy atom. The van der Waals surface area contributed by atoms with Crippen LogP contribution >= 0.6 is 11.6 Å². The lowest BCUT2D eigenvalue weighted by molar-refractivity contribution is -0.122. The molecule has 0 atom stereocenters. The first-order chi connectivity index (χ1) is 12.7. The molecular weight excluding hydrogens is 346 g/mol. The lowest BCUT2D eigenvalue weighted by atomic mass is 10.1. The summed E-state index contributed by atoms with van der Waals surface area (Å²) in [7, 11) is 0. The lowest BCUT2D eigenvalue weighted by Crippen LogP contribution is -2.49. The molecule has 1 heterocycles. The number of piperazine rings is 1. The first-order valence-electron chi connectivity index (χ1n) is 9.19. The fourth-order valence-electron chi connectivity index (χ4n) is 3.25. The lowest BCUT2D eigenvalue weighted by Gasteiger charge is -2.34. The molecule has 1 saturated heterocycles. The molecule has 4 nitrogen and oxygen atoms in total. The van der Waals surface area contributed by atoms with E-state index in [0.717, 1.165) is 44.2 Å². The van der Waals surface area contributed by atoms with Crippen LogP contribution in [0.3, 0.4) is 0 Å². The second-order valence-corrected chi connectivity index (χ2v) is 7.20. The molecule has 1 amide bonds. The third-order valence-corrected chi connectivity index (χ3v) is 4.94. The fraction of sp³-hybridized carbons (Fsp3) is 0.381. The van der Waals surface area contributed by atoms with Gasteiger partial charge in [-0.3, -0.25) is 14.6 Å². The molecule has 26 heavy (non-hydrogen) atoms. The van der Waals surface area contributed by atoms with Gasteiger partial charge in [0.25, 0.3) is 0 Å². The molecule has 5 heteroatoms. The average molecular weight is 372 g/mol. The van der Waals surface area contributed by atoms with Crippen molar-refractivity contribution in [3.8, 4) is 0 Å². The Bertz CT molecular complexity index is 699. The van der Waals surface area contributed by atoms with Gasteiger partial charge >= 0.3 is 0 Å². The molecule has 3 rings (SSSR count). The van der Waals surface area contributed by atoms with E-state index < -0.39 is 0 Å². The summed E-state index contributed by atoms with van der Waals surface area (Å²) < 4.78 is 0. The molecule has 0 radical (unpaired) electrons.